The number of para-hydroxylation sites is 1. The van der Waals surface area contributed by atoms with Gasteiger partial charge in [0, 0.05) is 11.6 Å². The van der Waals surface area contributed by atoms with Crippen molar-refractivity contribution in [3.05, 3.63) is 57.9 Å². The first-order valence-electron chi connectivity index (χ1n) is 7.27. The van der Waals surface area contributed by atoms with Gasteiger partial charge in [-0.25, -0.2) is 9.82 Å². The van der Waals surface area contributed by atoms with Crippen LogP contribution in [0.1, 0.15) is 5.56 Å². The molecule has 27 heavy (non-hydrogen) atoms. The number of anilines is 1. The molecule has 0 aromatic heterocycles. The van der Waals surface area contributed by atoms with Crippen LogP contribution in [0.15, 0.2) is 41.5 Å². The van der Waals surface area contributed by atoms with E-state index in [1.165, 1.54) is 31.4 Å². The molecule has 0 aliphatic rings. The van der Waals surface area contributed by atoms with Crippen LogP contribution in [-0.2, 0) is 9.59 Å². The molecule has 2 aromatic rings. The number of hydrogen-bond acceptors (Lipinski definition) is 7. The third-order valence-corrected chi connectivity index (χ3v) is 3.20. The lowest BCUT2D eigenvalue weighted by Crippen LogP contribution is -2.32. The Morgan fingerprint density at radius 3 is 2.63 bits per heavy atom. The number of phenolic OH excluding ortho intramolecular Hbond substituents is 1. The largest absolute Gasteiger partial charge is 0.500 e. The van der Waals surface area contributed by atoms with Crippen molar-refractivity contribution in [3.63, 3.8) is 0 Å². The number of carbonyl (C=O) groups is 2. The molecule has 0 heterocycles. The molecule has 0 aliphatic heterocycles. The monoisotopic (exact) mass is 376 g/mol. The molecule has 0 bridgehead atoms. The summed E-state index contributed by atoms with van der Waals surface area (Å²) in [6, 6.07) is 7.49. The van der Waals surface area contributed by atoms with E-state index in [0.29, 0.717) is 0 Å². The average Bonchev–Trinajstić information content (AvgIpc) is 2.64. The zero-order valence-corrected chi connectivity index (χ0v) is 13.8. The number of hydrazone groups is 1. The van der Waals surface area contributed by atoms with Gasteiger partial charge in [0.05, 0.1) is 23.9 Å². The molecule has 0 atom stereocenters. The first kappa shape index (κ1) is 19.3. The van der Waals surface area contributed by atoms with Crippen LogP contribution in [0.25, 0.3) is 0 Å². The summed E-state index contributed by atoms with van der Waals surface area (Å²) in [5.41, 5.74) is 1.21. The quantitative estimate of drug-likeness (QED) is 0.313. The van der Waals surface area contributed by atoms with Crippen molar-refractivity contribution in [2.24, 2.45) is 5.10 Å². The standard InChI is InChI=1S/C16H13FN4O6/c1-27-13-7-9(6-12(14(13)22)21(25)26)8-18-20-16(24)15(23)19-11-5-3-2-4-10(11)17/h2-8,22H,1H3,(H,19,23)(H,20,24)/b18-8-. The van der Waals surface area contributed by atoms with Gasteiger partial charge in [0.25, 0.3) is 0 Å². The SMILES string of the molecule is COc1cc(/C=N\NC(=O)C(=O)Nc2ccccc2F)cc([N+](=O)[O-])c1O. The van der Waals surface area contributed by atoms with Gasteiger partial charge in [-0.05, 0) is 18.2 Å². The number of carbonyl (C=O) groups excluding carboxylic acids is 2. The van der Waals surface area contributed by atoms with Crippen LogP contribution in [-0.4, -0.2) is 35.2 Å². The van der Waals surface area contributed by atoms with Crippen molar-refractivity contribution in [1.82, 2.24) is 5.43 Å². The number of methoxy groups -OCH3 is 1. The van der Waals surface area contributed by atoms with E-state index in [4.69, 9.17) is 4.74 Å². The van der Waals surface area contributed by atoms with Gasteiger partial charge in [0.2, 0.25) is 5.75 Å². The number of nitro benzene ring substituents is 1. The first-order valence-corrected chi connectivity index (χ1v) is 7.27. The lowest BCUT2D eigenvalue weighted by molar-refractivity contribution is -0.386. The minimum atomic E-state index is -1.19. The highest BCUT2D eigenvalue weighted by molar-refractivity contribution is 6.39. The first-order chi connectivity index (χ1) is 12.8. The summed E-state index contributed by atoms with van der Waals surface area (Å²) in [4.78, 5) is 33.4. The second kappa shape index (κ2) is 8.38. The molecule has 0 spiro atoms. The van der Waals surface area contributed by atoms with Crippen molar-refractivity contribution in [2.45, 2.75) is 0 Å². The number of rotatable bonds is 5. The Bertz CT molecular complexity index is 931. The van der Waals surface area contributed by atoms with Crippen molar-refractivity contribution in [3.8, 4) is 11.5 Å². The molecule has 0 unspecified atom stereocenters. The molecule has 10 nitrogen and oxygen atoms in total. The van der Waals surface area contributed by atoms with Gasteiger partial charge in [0.1, 0.15) is 5.82 Å². The van der Waals surface area contributed by atoms with Crippen LogP contribution < -0.4 is 15.5 Å². The fourth-order valence-electron chi connectivity index (χ4n) is 1.94. The smallest absolute Gasteiger partial charge is 0.329 e. The Labute approximate surface area is 151 Å². The van der Waals surface area contributed by atoms with E-state index < -0.39 is 34.0 Å². The van der Waals surface area contributed by atoms with Gasteiger partial charge in [-0.3, -0.25) is 19.7 Å². The molecular weight excluding hydrogens is 363 g/mol. The molecule has 0 fully saturated rings. The summed E-state index contributed by atoms with van der Waals surface area (Å²) in [5.74, 6) is -3.89. The Morgan fingerprint density at radius 1 is 1.30 bits per heavy atom. The van der Waals surface area contributed by atoms with E-state index in [1.807, 2.05) is 5.43 Å². The Balaban J connectivity index is 2.07. The molecule has 0 saturated heterocycles. The zero-order valence-electron chi connectivity index (χ0n) is 13.8. The molecule has 2 aromatic carbocycles. The molecule has 2 amide bonds. The predicted molar refractivity (Wildman–Crippen MR) is 92.1 cm³/mol. The third-order valence-electron chi connectivity index (χ3n) is 3.20. The van der Waals surface area contributed by atoms with Crippen LogP contribution >= 0.6 is 0 Å². The molecule has 11 heteroatoms. The van der Waals surface area contributed by atoms with Crippen LogP contribution in [0.3, 0.4) is 0 Å². The summed E-state index contributed by atoms with van der Waals surface area (Å²) in [7, 11) is 1.20. The minimum absolute atomic E-state index is 0.117. The highest BCUT2D eigenvalue weighted by Gasteiger charge is 2.19. The van der Waals surface area contributed by atoms with Crippen LogP contribution in [0.4, 0.5) is 15.8 Å². The van der Waals surface area contributed by atoms with Gasteiger partial charge >= 0.3 is 17.5 Å². The van der Waals surface area contributed by atoms with E-state index in [1.54, 1.807) is 0 Å². The molecule has 140 valence electrons. The number of hydrogen-bond donors (Lipinski definition) is 3. The normalized spacial score (nSPS) is 10.4. The summed E-state index contributed by atoms with van der Waals surface area (Å²) < 4.78 is 18.2. The van der Waals surface area contributed by atoms with Crippen molar-refractivity contribution >= 4 is 29.4 Å². The number of nitrogens with one attached hydrogen (secondary N) is 2. The summed E-state index contributed by atoms with van der Waals surface area (Å²) >= 11 is 0. The van der Waals surface area contributed by atoms with Crippen LogP contribution in [0.5, 0.6) is 11.5 Å². The van der Waals surface area contributed by atoms with E-state index in [0.717, 1.165) is 18.3 Å². The number of aromatic hydroxyl groups is 1. The number of benzene rings is 2. The lowest BCUT2D eigenvalue weighted by atomic mass is 10.2. The fraction of sp³-hybridized carbons (Fsp3) is 0.0625. The maximum Gasteiger partial charge on any atom is 0.329 e. The highest BCUT2D eigenvalue weighted by Crippen LogP contribution is 2.36. The van der Waals surface area contributed by atoms with Crippen LogP contribution in [0.2, 0.25) is 0 Å². The maximum absolute atomic E-state index is 13.4. The second-order valence-corrected chi connectivity index (χ2v) is 4.98. The van der Waals surface area contributed by atoms with Gasteiger partial charge in [-0.15, -0.1) is 0 Å². The van der Waals surface area contributed by atoms with E-state index in [2.05, 4.69) is 10.4 Å². The number of phenols is 1. The number of nitro groups is 1. The Kier molecular flexibility index (Phi) is 5.99. The molecule has 2 rings (SSSR count). The van der Waals surface area contributed by atoms with Crippen molar-refractivity contribution < 1.29 is 28.7 Å². The second-order valence-electron chi connectivity index (χ2n) is 4.98. The number of halogens is 1. The summed E-state index contributed by atoms with van der Waals surface area (Å²) in [6.07, 6.45) is 1.00. The van der Waals surface area contributed by atoms with Gasteiger partial charge < -0.3 is 15.2 Å². The molecule has 0 aliphatic carbocycles. The van der Waals surface area contributed by atoms with Gasteiger partial charge in [-0.2, -0.15) is 5.10 Å². The predicted octanol–water partition coefficient (Wildman–Crippen LogP) is 1.54. The average molecular weight is 376 g/mol. The third kappa shape index (κ3) is 4.75. The number of ether oxygens (including phenoxy) is 1. The summed E-state index contributed by atoms with van der Waals surface area (Å²) in [6.45, 7) is 0. The van der Waals surface area contributed by atoms with Crippen molar-refractivity contribution in [2.75, 3.05) is 12.4 Å². The summed E-state index contributed by atoms with van der Waals surface area (Å²) in [5, 5.41) is 26.1. The van der Waals surface area contributed by atoms with Crippen LogP contribution in [0, 0.1) is 15.9 Å². The minimum Gasteiger partial charge on any atom is -0.500 e. The van der Waals surface area contributed by atoms with E-state index >= 15 is 0 Å². The fourth-order valence-corrected chi connectivity index (χ4v) is 1.94. The van der Waals surface area contributed by atoms with Gasteiger partial charge in [0.15, 0.2) is 5.75 Å². The topological polar surface area (TPSA) is 143 Å². The molecule has 0 radical (unpaired) electrons. The highest BCUT2D eigenvalue weighted by atomic mass is 19.1. The lowest BCUT2D eigenvalue weighted by Gasteiger charge is -2.05. The Morgan fingerprint density at radius 2 is 2.00 bits per heavy atom. The van der Waals surface area contributed by atoms with Gasteiger partial charge in [-0.1, -0.05) is 12.1 Å². The van der Waals surface area contributed by atoms with E-state index in [9.17, 15) is 29.2 Å². The van der Waals surface area contributed by atoms with Crippen molar-refractivity contribution in [1.29, 1.82) is 0 Å². The zero-order chi connectivity index (χ0) is 20.0. The Hall–Kier alpha value is -4.02. The number of amides is 2. The molecule has 3 N–H and O–H groups in total. The van der Waals surface area contributed by atoms with E-state index in [-0.39, 0.29) is 17.0 Å². The molecular formula is C16H13FN4O6. The number of nitrogens with zero attached hydrogens (tertiary/aromatic N) is 2. The maximum atomic E-state index is 13.4. The molecule has 0 saturated carbocycles.